The highest BCUT2D eigenvalue weighted by molar-refractivity contribution is 6.03. The Morgan fingerprint density at radius 1 is 1.31 bits per heavy atom. The fourth-order valence-electron chi connectivity index (χ4n) is 4.03. The summed E-state index contributed by atoms with van der Waals surface area (Å²) < 4.78 is 7.79. The van der Waals surface area contributed by atoms with E-state index in [4.69, 9.17) is 4.74 Å². The summed E-state index contributed by atoms with van der Waals surface area (Å²) in [5, 5.41) is 2.95. The first kappa shape index (κ1) is 19.5. The maximum atomic E-state index is 12.6. The van der Waals surface area contributed by atoms with Gasteiger partial charge in [0.2, 0.25) is 5.78 Å². The fourth-order valence-corrected chi connectivity index (χ4v) is 4.03. The van der Waals surface area contributed by atoms with Crippen LogP contribution >= 0.6 is 0 Å². The zero-order valence-corrected chi connectivity index (χ0v) is 16.9. The number of nitrogens with one attached hydrogen (secondary N) is 1. The molecule has 0 unspecified atom stereocenters. The second kappa shape index (κ2) is 8.71. The molecular weight excluding hydrogens is 366 g/mol. The summed E-state index contributed by atoms with van der Waals surface area (Å²) in [6, 6.07) is 10.3. The molecule has 0 radical (unpaired) electrons. The lowest BCUT2D eigenvalue weighted by atomic mass is 9.96. The normalized spacial score (nSPS) is 19.6. The predicted molar refractivity (Wildman–Crippen MR) is 112 cm³/mol. The summed E-state index contributed by atoms with van der Waals surface area (Å²) in [4.78, 5) is 23.6. The number of rotatable bonds is 6. The van der Waals surface area contributed by atoms with Gasteiger partial charge >= 0.3 is 0 Å². The van der Waals surface area contributed by atoms with Crippen molar-refractivity contribution in [1.29, 1.82) is 0 Å². The first-order valence-corrected chi connectivity index (χ1v) is 10.2. The minimum absolute atomic E-state index is 0.0468. The number of carbonyl (C=O) groups is 1. The van der Waals surface area contributed by atoms with Crippen LogP contribution in [-0.4, -0.2) is 50.9 Å². The molecule has 1 aromatic carbocycles. The zero-order valence-electron chi connectivity index (χ0n) is 16.9. The van der Waals surface area contributed by atoms with E-state index in [1.165, 1.54) is 0 Å². The molecule has 3 heterocycles. The maximum Gasteiger partial charge on any atom is 0.275 e. The van der Waals surface area contributed by atoms with Crippen molar-refractivity contribution in [3.05, 3.63) is 60.2 Å². The number of hydrogen-bond donors (Lipinski definition) is 1. The van der Waals surface area contributed by atoms with E-state index < -0.39 is 0 Å². The number of aromatic nitrogens is 3. The van der Waals surface area contributed by atoms with Crippen LogP contribution < -0.4 is 5.32 Å². The predicted octanol–water partition coefficient (Wildman–Crippen LogP) is 3.54. The molecule has 1 fully saturated rings. The second-order valence-corrected chi connectivity index (χ2v) is 7.29. The Morgan fingerprint density at radius 3 is 2.97 bits per heavy atom. The van der Waals surface area contributed by atoms with Gasteiger partial charge in [0.25, 0.3) is 5.91 Å². The lowest BCUT2D eigenvalue weighted by Crippen LogP contribution is -2.40. The molecular formula is C22H27N5O2. The van der Waals surface area contributed by atoms with Crippen molar-refractivity contribution in [3.8, 4) is 0 Å². The Kier molecular flexibility index (Phi) is 5.87. The van der Waals surface area contributed by atoms with E-state index in [2.05, 4.69) is 40.1 Å². The highest BCUT2D eigenvalue weighted by atomic mass is 16.5. The van der Waals surface area contributed by atoms with E-state index in [1.54, 1.807) is 22.9 Å². The molecule has 0 bridgehead atoms. The highest BCUT2D eigenvalue weighted by Gasteiger charge is 2.27. The largest absolute Gasteiger partial charge is 0.373 e. The van der Waals surface area contributed by atoms with E-state index in [9.17, 15) is 4.79 Å². The Labute approximate surface area is 170 Å². The summed E-state index contributed by atoms with van der Waals surface area (Å²) in [7, 11) is 0. The number of nitrogens with zero attached hydrogens (tertiary/aromatic N) is 4. The van der Waals surface area contributed by atoms with Gasteiger partial charge in [0, 0.05) is 36.9 Å². The molecule has 7 nitrogen and oxygen atoms in total. The van der Waals surface area contributed by atoms with Crippen molar-refractivity contribution in [2.75, 3.05) is 25.0 Å². The van der Waals surface area contributed by atoms with Crippen LogP contribution in [0.3, 0.4) is 0 Å². The molecule has 0 spiro atoms. The van der Waals surface area contributed by atoms with E-state index in [-0.39, 0.29) is 12.0 Å². The molecule has 2 aromatic heterocycles. The molecule has 29 heavy (non-hydrogen) atoms. The molecule has 1 amide bonds. The first-order valence-electron chi connectivity index (χ1n) is 10.2. The number of amides is 1. The molecule has 0 saturated carbocycles. The van der Waals surface area contributed by atoms with Gasteiger partial charge in [-0.05, 0) is 49.7 Å². The van der Waals surface area contributed by atoms with Gasteiger partial charge in [-0.15, -0.1) is 0 Å². The molecule has 7 heteroatoms. The summed E-state index contributed by atoms with van der Waals surface area (Å²) in [6.45, 7) is 7.28. The van der Waals surface area contributed by atoms with Crippen molar-refractivity contribution in [3.63, 3.8) is 0 Å². The Hall–Kier alpha value is -2.77. The topological polar surface area (TPSA) is 71.8 Å². The minimum Gasteiger partial charge on any atom is -0.373 e. The number of ether oxygens (including phenoxy) is 1. The van der Waals surface area contributed by atoms with Crippen molar-refractivity contribution < 1.29 is 9.53 Å². The summed E-state index contributed by atoms with van der Waals surface area (Å²) in [5.74, 6) is 0.252. The van der Waals surface area contributed by atoms with E-state index in [1.807, 2.05) is 24.4 Å². The lowest BCUT2D eigenvalue weighted by molar-refractivity contribution is -0.0265. The van der Waals surface area contributed by atoms with Crippen LogP contribution in [0.5, 0.6) is 0 Å². The number of hydrogen-bond acceptors (Lipinski definition) is 5. The quantitative estimate of drug-likeness (QED) is 0.693. The molecule has 1 aliphatic heterocycles. The summed E-state index contributed by atoms with van der Waals surface area (Å²) >= 11 is 0. The smallest absolute Gasteiger partial charge is 0.275 e. The van der Waals surface area contributed by atoms with Gasteiger partial charge in [-0.1, -0.05) is 26.0 Å². The number of anilines is 1. The monoisotopic (exact) mass is 393 g/mol. The van der Waals surface area contributed by atoms with Crippen molar-refractivity contribution in [1.82, 2.24) is 19.3 Å². The van der Waals surface area contributed by atoms with E-state index in [0.29, 0.717) is 17.5 Å². The third-order valence-corrected chi connectivity index (χ3v) is 5.57. The molecule has 1 saturated heterocycles. The molecule has 0 aliphatic carbocycles. The molecule has 1 N–H and O–H groups in total. The maximum absolute atomic E-state index is 12.6. The lowest BCUT2D eigenvalue weighted by Gasteiger charge is -2.36. The first-order chi connectivity index (χ1) is 14.2. The van der Waals surface area contributed by atoms with Gasteiger partial charge < -0.3 is 15.0 Å². The van der Waals surface area contributed by atoms with Crippen LogP contribution in [-0.2, 0) is 4.74 Å². The number of carbonyl (C=O) groups excluding carboxylic acids is 1. The number of fused-ring (bicyclic) bond motifs is 1. The van der Waals surface area contributed by atoms with Crippen LogP contribution in [0.25, 0.3) is 5.78 Å². The van der Waals surface area contributed by atoms with Gasteiger partial charge in [0.15, 0.2) is 0 Å². The summed E-state index contributed by atoms with van der Waals surface area (Å²) in [5.41, 5.74) is 2.17. The zero-order chi connectivity index (χ0) is 20.2. The highest BCUT2D eigenvalue weighted by Crippen LogP contribution is 2.31. The van der Waals surface area contributed by atoms with Crippen LogP contribution in [0.15, 0.2) is 48.9 Å². The SMILES string of the molecule is CCN(CC)[C@@H]1CCO[C@H](c2cccc(NC(=O)c3cn4cccnc4n3)c2)C1. The third-order valence-electron chi connectivity index (χ3n) is 5.57. The average Bonchev–Trinajstić information content (AvgIpc) is 3.20. The molecule has 3 aromatic rings. The molecule has 1 aliphatic rings. The molecule has 2 atom stereocenters. The van der Waals surface area contributed by atoms with Crippen molar-refractivity contribution in [2.45, 2.75) is 38.8 Å². The van der Waals surface area contributed by atoms with Gasteiger partial charge in [0.1, 0.15) is 5.69 Å². The van der Waals surface area contributed by atoms with Gasteiger partial charge in [-0.2, -0.15) is 0 Å². The number of benzene rings is 1. The van der Waals surface area contributed by atoms with Crippen LogP contribution in [0.1, 0.15) is 48.8 Å². The average molecular weight is 393 g/mol. The van der Waals surface area contributed by atoms with E-state index >= 15 is 0 Å². The van der Waals surface area contributed by atoms with E-state index in [0.717, 1.165) is 43.8 Å². The van der Waals surface area contributed by atoms with Gasteiger partial charge in [-0.3, -0.25) is 9.20 Å². The summed E-state index contributed by atoms with van der Waals surface area (Å²) in [6.07, 6.45) is 7.24. The minimum atomic E-state index is -0.252. The van der Waals surface area contributed by atoms with Gasteiger partial charge in [-0.25, -0.2) is 9.97 Å². The molecule has 152 valence electrons. The number of imidazole rings is 1. The standard InChI is InChI=1S/C22H27N5O2/c1-3-26(4-2)18-9-12-29-20(14-18)16-7-5-8-17(13-16)24-21(28)19-15-27-11-6-10-23-22(27)25-19/h5-8,10-11,13,15,18,20H,3-4,9,12,14H2,1-2H3,(H,24,28)/t18-,20+/m1/s1. The Bertz CT molecular complexity index is 949. The van der Waals surface area contributed by atoms with Crippen LogP contribution in [0, 0.1) is 0 Å². The molecule has 4 rings (SSSR count). The van der Waals surface area contributed by atoms with Crippen LogP contribution in [0.2, 0.25) is 0 Å². The second-order valence-electron chi connectivity index (χ2n) is 7.29. The van der Waals surface area contributed by atoms with Gasteiger partial charge in [0.05, 0.1) is 6.10 Å². The van der Waals surface area contributed by atoms with Crippen molar-refractivity contribution >= 4 is 17.4 Å². The van der Waals surface area contributed by atoms with Crippen LogP contribution in [0.4, 0.5) is 5.69 Å². The Morgan fingerprint density at radius 2 is 2.17 bits per heavy atom. The Balaban J connectivity index is 1.47. The third kappa shape index (κ3) is 4.31. The fraction of sp³-hybridized carbons (Fsp3) is 0.409. The van der Waals surface area contributed by atoms with Crippen molar-refractivity contribution in [2.24, 2.45) is 0 Å².